The van der Waals surface area contributed by atoms with E-state index in [1.807, 2.05) is 0 Å². The van der Waals surface area contributed by atoms with E-state index in [0.29, 0.717) is 5.56 Å². The zero-order valence-corrected chi connectivity index (χ0v) is 15.5. The maximum absolute atomic E-state index is 13.5. The molecule has 2 N–H and O–H groups in total. The average Bonchev–Trinajstić information content (AvgIpc) is 3.04. The van der Waals surface area contributed by atoms with Crippen LogP contribution in [-0.4, -0.2) is 33.4 Å². The molecule has 0 radical (unpaired) electrons. The van der Waals surface area contributed by atoms with Crippen LogP contribution in [0.5, 0.6) is 5.75 Å². The molecule has 0 unspecified atom stereocenters. The first kappa shape index (κ1) is 21.3. The molecule has 10 heteroatoms. The Labute approximate surface area is 159 Å². The van der Waals surface area contributed by atoms with Crippen LogP contribution in [0, 0.1) is 0 Å². The van der Waals surface area contributed by atoms with E-state index in [2.05, 4.69) is 10.4 Å². The van der Waals surface area contributed by atoms with Crippen molar-refractivity contribution in [3.63, 3.8) is 0 Å². The second-order valence-electron chi connectivity index (χ2n) is 7.00. The Morgan fingerprint density at radius 2 is 1.93 bits per heavy atom. The number of carbonyl (C=O) groups is 2. The zero-order valence-electron chi connectivity index (χ0n) is 15.5. The molecule has 0 aliphatic carbocycles. The second kappa shape index (κ2) is 7.91. The molecule has 152 valence electrons. The molecule has 1 aromatic carbocycles. The Kier molecular flexibility index (Phi) is 6.01. The number of hydrogen-bond acceptors (Lipinski definition) is 4. The fourth-order valence-corrected chi connectivity index (χ4v) is 2.46. The smallest absolute Gasteiger partial charge is 0.433 e. The number of ether oxygens (including phenoxy) is 1. The molecule has 0 fully saturated rings. The third-order valence-corrected chi connectivity index (χ3v) is 3.63. The van der Waals surface area contributed by atoms with E-state index in [1.54, 1.807) is 32.9 Å². The van der Waals surface area contributed by atoms with Crippen LogP contribution in [0.25, 0.3) is 0 Å². The van der Waals surface area contributed by atoms with E-state index in [0.717, 1.165) is 10.9 Å². The molecule has 1 amide bonds. The maximum Gasteiger partial charge on any atom is 0.433 e. The minimum Gasteiger partial charge on any atom is -0.482 e. The fraction of sp³-hybridized carbons (Fsp3) is 0.389. The number of hydrogen-bond donors (Lipinski definition) is 2. The molecule has 7 nitrogen and oxygen atoms in total. The molecule has 0 atom stereocenters. The van der Waals surface area contributed by atoms with Crippen LogP contribution in [0.15, 0.2) is 30.5 Å². The molecule has 1 heterocycles. The topological polar surface area (TPSA) is 93.5 Å². The summed E-state index contributed by atoms with van der Waals surface area (Å²) in [5, 5.41) is 14.8. The average molecular weight is 399 g/mol. The Balaban J connectivity index is 2.17. The molecule has 2 rings (SSSR count). The molecule has 0 spiro atoms. The highest BCUT2D eigenvalue weighted by Gasteiger charge is 2.42. The van der Waals surface area contributed by atoms with Gasteiger partial charge in [-0.05, 0) is 38.5 Å². The molecular formula is C18H20F3N3O4. The summed E-state index contributed by atoms with van der Waals surface area (Å²) in [5.74, 6) is -1.79. The van der Waals surface area contributed by atoms with Gasteiger partial charge in [-0.1, -0.05) is 12.1 Å². The molecule has 2 aromatic rings. The Morgan fingerprint density at radius 1 is 1.25 bits per heavy atom. The Morgan fingerprint density at radius 3 is 2.50 bits per heavy atom. The highest BCUT2D eigenvalue weighted by atomic mass is 19.4. The Bertz CT molecular complexity index is 870. The number of nitrogens with one attached hydrogen (secondary N) is 1. The van der Waals surface area contributed by atoms with E-state index in [-0.39, 0.29) is 12.3 Å². The van der Waals surface area contributed by atoms with Gasteiger partial charge in [-0.3, -0.25) is 9.48 Å². The van der Waals surface area contributed by atoms with Gasteiger partial charge < -0.3 is 15.2 Å². The minimum absolute atomic E-state index is 0.0684. The predicted octanol–water partition coefficient (Wildman–Crippen LogP) is 3.05. The van der Waals surface area contributed by atoms with Gasteiger partial charge in [-0.25, -0.2) is 4.79 Å². The largest absolute Gasteiger partial charge is 0.482 e. The number of rotatable bonds is 6. The quantitative estimate of drug-likeness (QED) is 0.779. The van der Waals surface area contributed by atoms with Crippen molar-refractivity contribution >= 4 is 11.9 Å². The Hall–Kier alpha value is -3.04. The van der Waals surface area contributed by atoms with Gasteiger partial charge in [-0.15, -0.1) is 0 Å². The summed E-state index contributed by atoms with van der Waals surface area (Å²) in [6.45, 7) is 4.07. The summed E-state index contributed by atoms with van der Waals surface area (Å²) in [5.41, 5.74) is -2.11. The summed E-state index contributed by atoms with van der Waals surface area (Å²) >= 11 is 0. The first-order chi connectivity index (χ1) is 12.9. The third-order valence-electron chi connectivity index (χ3n) is 3.63. The van der Waals surface area contributed by atoms with Gasteiger partial charge in [0.25, 0.3) is 5.91 Å². The number of carbonyl (C=O) groups excluding carboxylic acids is 1. The van der Waals surface area contributed by atoms with Gasteiger partial charge in [0.15, 0.2) is 12.3 Å². The van der Waals surface area contributed by atoms with Crippen LogP contribution >= 0.6 is 0 Å². The zero-order chi connectivity index (χ0) is 21.1. The summed E-state index contributed by atoms with van der Waals surface area (Å²) in [6, 6.07) is 6.23. The summed E-state index contributed by atoms with van der Waals surface area (Å²) in [4.78, 5) is 22.9. The number of amides is 1. The molecular weight excluding hydrogens is 379 g/mol. The molecule has 28 heavy (non-hydrogen) atoms. The lowest BCUT2D eigenvalue weighted by atomic mass is 10.1. The maximum atomic E-state index is 13.5. The van der Waals surface area contributed by atoms with Crippen molar-refractivity contribution in [2.24, 2.45) is 0 Å². The lowest BCUT2D eigenvalue weighted by molar-refractivity contribution is -0.146. The first-order valence-electron chi connectivity index (χ1n) is 8.27. The molecule has 0 aliphatic rings. The van der Waals surface area contributed by atoms with Crippen LogP contribution in [0.4, 0.5) is 13.2 Å². The monoisotopic (exact) mass is 399 g/mol. The van der Waals surface area contributed by atoms with E-state index >= 15 is 0 Å². The van der Waals surface area contributed by atoms with E-state index in [9.17, 15) is 22.8 Å². The number of halogens is 3. The summed E-state index contributed by atoms with van der Waals surface area (Å²) in [6.07, 6.45) is -3.85. The highest BCUT2D eigenvalue weighted by Crippen LogP contribution is 2.34. The summed E-state index contributed by atoms with van der Waals surface area (Å²) < 4.78 is 46.3. The van der Waals surface area contributed by atoms with Gasteiger partial charge in [-0.2, -0.15) is 18.3 Å². The van der Waals surface area contributed by atoms with Crippen LogP contribution in [0.2, 0.25) is 0 Å². The van der Waals surface area contributed by atoms with Gasteiger partial charge >= 0.3 is 12.1 Å². The van der Waals surface area contributed by atoms with Crippen molar-refractivity contribution in [1.82, 2.24) is 15.1 Å². The highest BCUT2D eigenvalue weighted by molar-refractivity contribution is 5.95. The SMILES string of the molecule is CC(C)(C)n1ncc(C(=O)NCc2cccc(OCC(=O)O)c2)c1C(F)(F)F. The standard InChI is InChI=1S/C18H20F3N3O4/c1-17(2,3)24-15(18(19,20)21)13(9-23-24)16(27)22-8-11-5-4-6-12(7-11)28-10-14(25)26/h4-7,9H,8,10H2,1-3H3,(H,22,27)(H,25,26). The van der Waals surface area contributed by atoms with Gasteiger partial charge in [0.05, 0.1) is 17.3 Å². The van der Waals surface area contributed by atoms with Crippen molar-refractivity contribution in [2.75, 3.05) is 6.61 Å². The molecule has 0 saturated carbocycles. The van der Waals surface area contributed by atoms with E-state index in [1.165, 1.54) is 12.1 Å². The predicted molar refractivity (Wildman–Crippen MR) is 93.0 cm³/mol. The van der Waals surface area contributed by atoms with Crippen LogP contribution in [0.1, 0.15) is 42.4 Å². The van der Waals surface area contributed by atoms with Crippen LogP contribution in [0.3, 0.4) is 0 Å². The number of benzene rings is 1. The lowest BCUT2D eigenvalue weighted by Gasteiger charge is -2.23. The number of aromatic nitrogens is 2. The van der Waals surface area contributed by atoms with Crippen molar-refractivity contribution in [2.45, 2.75) is 39.0 Å². The molecule has 0 saturated heterocycles. The second-order valence-corrected chi connectivity index (χ2v) is 7.00. The van der Waals surface area contributed by atoms with Crippen LogP contribution < -0.4 is 10.1 Å². The number of carboxylic acids is 1. The number of carboxylic acid groups (broad SMARTS) is 1. The fourth-order valence-electron chi connectivity index (χ4n) is 2.46. The first-order valence-corrected chi connectivity index (χ1v) is 8.27. The number of nitrogens with zero attached hydrogens (tertiary/aromatic N) is 2. The van der Waals surface area contributed by atoms with E-state index in [4.69, 9.17) is 9.84 Å². The molecule has 0 aliphatic heterocycles. The van der Waals surface area contributed by atoms with Gasteiger partial charge in [0.2, 0.25) is 0 Å². The molecule has 0 bridgehead atoms. The van der Waals surface area contributed by atoms with Crippen molar-refractivity contribution < 1.29 is 32.6 Å². The third kappa shape index (κ3) is 5.24. The normalized spacial score (nSPS) is 11.9. The number of aliphatic carboxylic acids is 1. The number of alkyl halides is 3. The van der Waals surface area contributed by atoms with Gasteiger partial charge in [0.1, 0.15) is 5.75 Å². The van der Waals surface area contributed by atoms with Crippen molar-refractivity contribution in [3.05, 3.63) is 47.3 Å². The molecule has 1 aromatic heterocycles. The van der Waals surface area contributed by atoms with Crippen LogP contribution in [-0.2, 0) is 23.1 Å². The van der Waals surface area contributed by atoms with Crippen molar-refractivity contribution in [3.8, 4) is 5.75 Å². The van der Waals surface area contributed by atoms with Crippen molar-refractivity contribution in [1.29, 1.82) is 0 Å². The minimum atomic E-state index is -4.75. The van der Waals surface area contributed by atoms with E-state index < -0.39 is 41.5 Å². The lowest BCUT2D eigenvalue weighted by Crippen LogP contribution is -2.31. The van der Waals surface area contributed by atoms with Gasteiger partial charge in [0, 0.05) is 6.54 Å². The summed E-state index contributed by atoms with van der Waals surface area (Å²) in [7, 11) is 0.